The van der Waals surface area contributed by atoms with Crippen LogP contribution >= 0.6 is 11.8 Å². The van der Waals surface area contributed by atoms with Gasteiger partial charge in [-0.2, -0.15) is 15.1 Å². The van der Waals surface area contributed by atoms with E-state index in [-0.39, 0.29) is 11.4 Å². The van der Waals surface area contributed by atoms with Crippen molar-refractivity contribution < 1.29 is 14.3 Å². The second-order valence-corrected chi connectivity index (χ2v) is 9.48. The lowest BCUT2D eigenvalue weighted by molar-refractivity contribution is -0.114. The second kappa shape index (κ2) is 10.4. The lowest BCUT2D eigenvalue weighted by Crippen LogP contribution is -2.35. The van der Waals surface area contributed by atoms with Gasteiger partial charge in [0, 0.05) is 28.7 Å². The van der Waals surface area contributed by atoms with Crippen molar-refractivity contribution in [3.8, 4) is 11.5 Å². The van der Waals surface area contributed by atoms with E-state index in [0.29, 0.717) is 18.3 Å². The fourth-order valence-corrected chi connectivity index (χ4v) is 5.07. The molecule has 2 aliphatic heterocycles. The summed E-state index contributed by atoms with van der Waals surface area (Å²) in [7, 11) is 1.63. The molecule has 8 nitrogen and oxygen atoms in total. The van der Waals surface area contributed by atoms with Gasteiger partial charge in [-0.3, -0.25) is 10.2 Å². The van der Waals surface area contributed by atoms with E-state index in [9.17, 15) is 4.79 Å². The average molecular weight is 502 g/mol. The first-order chi connectivity index (χ1) is 17.6. The second-order valence-electron chi connectivity index (χ2n) is 8.44. The third-order valence-electron chi connectivity index (χ3n) is 6.00. The molecule has 184 valence electrons. The van der Waals surface area contributed by atoms with Crippen molar-refractivity contribution in [3.63, 3.8) is 0 Å². The molecule has 36 heavy (non-hydrogen) atoms. The molecule has 2 aromatic carbocycles. The molecule has 0 aliphatic carbocycles. The summed E-state index contributed by atoms with van der Waals surface area (Å²) in [4.78, 5) is 17.1. The van der Waals surface area contributed by atoms with Crippen molar-refractivity contribution in [2.75, 3.05) is 13.7 Å². The van der Waals surface area contributed by atoms with Gasteiger partial charge in [-0.05, 0) is 48.9 Å². The van der Waals surface area contributed by atoms with Gasteiger partial charge in [0.1, 0.15) is 23.1 Å². The number of hydrogen-bond donors (Lipinski definition) is 1. The van der Waals surface area contributed by atoms with Crippen LogP contribution in [0.25, 0.3) is 17.0 Å². The first kappa shape index (κ1) is 23.9. The van der Waals surface area contributed by atoms with E-state index in [1.807, 2.05) is 54.7 Å². The van der Waals surface area contributed by atoms with Crippen molar-refractivity contribution in [1.82, 2.24) is 9.58 Å². The number of amides is 1. The van der Waals surface area contributed by atoms with Crippen LogP contribution in [0.4, 0.5) is 0 Å². The van der Waals surface area contributed by atoms with E-state index in [2.05, 4.69) is 21.6 Å². The Labute approximate surface area is 213 Å². The molecule has 3 aromatic rings. The van der Waals surface area contributed by atoms with Crippen LogP contribution in [0.1, 0.15) is 31.7 Å². The summed E-state index contributed by atoms with van der Waals surface area (Å²) in [5, 5.41) is 17.0. The topological polar surface area (TPSA) is 92.3 Å². The van der Waals surface area contributed by atoms with Crippen molar-refractivity contribution in [2.24, 2.45) is 10.1 Å². The maximum absolute atomic E-state index is 12.9. The number of rotatable bonds is 9. The first-order valence-corrected chi connectivity index (χ1v) is 12.7. The van der Waals surface area contributed by atoms with Crippen molar-refractivity contribution in [1.29, 1.82) is 5.41 Å². The molecular weight excluding hydrogens is 474 g/mol. The quantitative estimate of drug-likeness (QED) is 0.389. The van der Waals surface area contributed by atoms with Crippen LogP contribution in [0.3, 0.4) is 0 Å². The number of hydrogen-bond acceptors (Lipinski definition) is 6. The van der Waals surface area contributed by atoms with Crippen LogP contribution < -0.4 is 9.47 Å². The summed E-state index contributed by atoms with van der Waals surface area (Å²) in [5.74, 6) is 1.13. The number of aliphatic imine (C=N–C) groups is 1. The minimum atomic E-state index is -0.413. The van der Waals surface area contributed by atoms with Gasteiger partial charge in [-0.1, -0.05) is 37.6 Å². The Hall–Kier alpha value is -3.85. The summed E-state index contributed by atoms with van der Waals surface area (Å²) in [5.41, 5.74) is 2.10. The molecule has 0 radical (unpaired) electrons. The van der Waals surface area contributed by atoms with Gasteiger partial charge >= 0.3 is 0 Å². The largest absolute Gasteiger partial charge is 0.497 e. The summed E-state index contributed by atoms with van der Waals surface area (Å²) in [6.07, 6.45) is 6.63. The molecule has 0 saturated carbocycles. The van der Waals surface area contributed by atoms with Crippen LogP contribution in [0.5, 0.6) is 11.5 Å². The highest BCUT2D eigenvalue weighted by molar-refractivity contribution is 8.26. The third-order valence-corrected chi connectivity index (χ3v) is 6.97. The molecular formula is C27H27N5O3S. The smallest absolute Gasteiger partial charge is 0.283 e. The maximum atomic E-state index is 12.9. The van der Waals surface area contributed by atoms with E-state index >= 15 is 0 Å². The molecule has 5 rings (SSSR count). The molecule has 0 bridgehead atoms. The number of benzene rings is 2. The summed E-state index contributed by atoms with van der Waals surface area (Å²) >= 11 is 1.38. The number of amidine groups is 2. The van der Waals surface area contributed by atoms with E-state index in [4.69, 9.17) is 14.9 Å². The van der Waals surface area contributed by atoms with Crippen molar-refractivity contribution in [3.05, 3.63) is 65.9 Å². The Balaban J connectivity index is 1.39. The number of ether oxygens (including phenoxy) is 2. The lowest BCUT2D eigenvalue weighted by Gasteiger charge is -2.20. The minimum absolute atomic E-state index is 0.0576. The van der Waals surface area contributed by atoms with Crippen LogP contribution in [0.2, 0.25) is 0 Å². The van der Waals surface area contributed by atoms with E-state index in [1.165, 1.54) is 16.8 Å². The van der Waals surface area contributed by atoms with E-state index in [1.54, 1.807) is 13.2 Å². The van der Waals surface area contributed by atoms with Crippen LogP contribution in [-0.4, -0.2) is 45.2 Å². The number of nitrogens with one attached hydrogen (secondary N) is 1. The summed E-state index contributed by atoms with van der Waals surface area (Å²) in [6.45, 7) is 3.20. The normalized spacial score (nSPS) is 16.4. The predicted molar refractivity (Wildman–Crippen MR) is 145 cm³/mol. The minimum Gasteiger partial charge on any atom is -0.497 e. The molecule has 2 aliphatic rings. The molecule has 3 heterocycles. The number of carbonyl (C=O) groups excluding carboxylic acids is 1. The molecule has 9 heteroatoms. The number of methoxy groups -OCH3 is 1. The zero-order valence-electron chi connectivity index (χ0n) is 20.2. The zero-order chi connectivity index (χ0) is 25.1. The Kier molecular flexibility index (Phi) is 6.90. The molecule has 0 saturated heterocycles. The SMILES string of the molecule is CCCCC1=NN2C(=N)/C(=C/c3cn(CCOc4cccc(OC)c4)c4ccccc34)C(=O)N=C2S1. The molecule has 1 amide bonds. The average Bonchev–Trinajstić information content (AvgIpc) is 3.46. The number of hydrazone groups is 1. The standard InChI is InChI=1S/C27H27N5O3S/c1-3-4-12-24-30-32-25(28)22(26(33)29-27(32)36-24)15-18-17-31(23-11-6-5-10-21(18)23)13-14-35-20-9-7-8-19(16-20)34-2/h5-11,15-17,28H,3-4,12-14H2,1-2H3/b22-15-,28-25?. The predicted octanol–water partition coefficient (Wildman–Crippen LogP) is 5.54. The van der Waals surface area contributed by atoms with E-state index in [0.717, 1.165) is 52.3 Å². The van der Waals surface area contributed by atoms with E-state index < -0.39 is 5.91 Å². The van der Waals surface area contributed by atoms with Gasteiger partial charge in [-0.15, -0.1) is 0 Å². The number of nitrogens with zero attached hydrogens (tertiary/aromatic N) is 4. The van der Waals surface area contributed by atoms with Crippen LogP contribution in [0, 0.1) is 5.41 Å². The van der Waals surface area contributed by atoms with Crippen LogP contribution in [-0.2, 0) is 11.3 Å². The molecule has 0 unspecified atom stereocenters. The van der Waals surface area contributed by atoms with Gasteiger partial charge in [0.2, 0.25) is 5.17 Å². The lowest BCUT2D eigenvalue weighted by atomic mass is 10.1. The monoisotopic (exact) mass is 501 g/mol. The number of carbonyl (C=O) groups is 1. The van der Waals surface area contributed by atoms with Crippen molar-refractivity contribution in [2.45, 2.75) is 32.7 Å². The summed E-state index contributed by atoms with van der Waals surface area (Å²) in [6, 6.07) is 15.5. The highest BCUT2D eigenvalue weighted by atomic mass is 32.2. The van der Waals surface area contributed by atoms with Gasteiger partial charge in [0.05, 0.1) is 19.2 Å². The van der Waals surface area contributed by atoms with Crippen LogP contribution in [0.15, 0.2) is 70.4 Å². The Bertz CT molecular complexity index is 1420. The van der Waals surface area contributed by atoms with Gasteiger partial charge in [0.25, 0.3) is 5.91 Å². The summed E-state index contributed by atoms with van der Waals surface area (Å²) < 4.78 is 13.3. The Morgan fingerprint density at radius 1 is 1.14 bits per heavy atom. The fourth-order valence-electron chi connectivity index (χ4n) is 4.14. The fraction of sp³-hybridized carbons (Fsp3) is 0.259. The first-order valence-electron chi connectivity index (χ1n) is 11.9. The van der Waals surface area contributed by atoms with Gasteiger partial charge < -0.3 is 14.0 Å². The number of para-hydroxylation sites is 1. The highest BCUT2D eigenvalue weighted by Gasteiger charge is 2.35. The Morgan fingerprint density at radius 2 is 1.97 bits per heavy atom. The number of fused-ring (bicyclic) bond motifs is 2. The molecule has 1 N–H and O–H groups in total. The zero-order valence-corrected chi connectivity index (χ0v) is 21.0. The maximum Gasteiger partial charge on any atom is 0.283 e. The molecule has 0 spiro atoms. The van der Waals surface area contributed by atoms with Gasteiger partial charge in [0.15, 0.2) is 5.84 Å². The number of thioether (sulfide) groups is 1. The Morgan fingerprint density at radius 3 is 2.81 bits per heavy atom. The number of unbranched alkanes of at least 4 members (excludes halogenated alkanes) is 1. The molecule has 0 atom stereocenters. The molecule has 1 aromatic heterocycles. The third kappa shape index (κ3) is 4.79. The number of aromatic nitrogens is 1. The van der Waals surface area contributed by atoms with Crippen molar-refractivity contribution >= 4 is 50.7 Å². The molecule has 0 fully saturated rings. The van der Waals surface area contributed by atoms with Gasteiger partial charge in [-0.25, -0.2) is 0 Å². The highest BCUT2D eigenvalue weighted by Crippen LogP contribution is 2.31.